The summed E-state index contributed by atoms with van der Waals surface area (Å²) in [6, 6.07) is 6.74. The average Bonchev–Trinajstić information content (AvgIpc) is 2.48. The lowest BCUT2D eigenvalue weighted by Crippen LogP contribution is -2.52. The summed E-state index contributed by atoms with van der Waals surface area (Å²) in [5.41, 5.74) is -0.507. The third-order valence-electron chi connectivity index (χ3n) is 3.58. The van der Waals surface area contributed by atoms with Crippen LogP contribution >= 0.6 is 0 Å². The van der Waals surface area contributed by atoms with Crippen LogP contribution in [0.1, 0.15) is 24.2 Å². The largest absolute Gasteiger partial charge is 0.494 e. The number of hydrogen-bond acceptors (Lipinski definition) is 3. The van der Waals surface area contributed by atoms with E-state index in [4.69, 9.17) is 4.74 Å². The van der Waals surface area contributed by atoms with Gasteiger partial charge in [-0.05, 0) is 38.1 Å². The van der Waals surface area contributed by atoms with E-state index in [0.717, 1.165) is 0 Å². The third kappa shape index (κ3) is 3.36. The number of aliphatic carboxylic acids is 1. The van der Waals surface area contributed by atoms with E-state index in [1.54, 1.807) is 55.5 Å². The number of rotatable bonds is 5. The average molecular weight is 301 g/mol. The molecule has 2 N–H and O–H groups in total. The zero-order valence-electron chi connectivity index (χ0n) is 12.6. The van der Waals surface area contributed by atoms with Crippen LogP contribution < -0.4 is 10.1 Å². The predicted molar refractivity (Wildman–Crippen MR) is 82.9 cm³/mol. The first-order valence-corrected chi connectivity index (χ1v) is 7.10. The standard InChI is InChI=1S/C17H19NO4/c1-3-22-13-9-7-12(8-10-13)15(19)18-17(2)11-5-4-6-14(17)16(20)21/h4-11,14H,3H2,1-2H3,(H,18,19)(H,20,21). The van der Waals surface area contributed by atoms with Crippen LogP contribution in [-0.4, -0.2) is 29.1 Å². The number of carboxylic acid groups (broad SMARTS) is 1. The van der Waals surface area contributed by atoms with Crippen molar-refractivity contribution < 1.29 is 19.4 Å². The zero-order chi connectivity index (χ0) is 16.2. The molecule has 2 rings (SSSR count). The monoisotopic (exact) mass is 301 g/mol. The van der Waals surface area contributed by atoms with Crippen molar-refractivity contribution in [3.8, 4) is 5.75 Å². The minimum Gasteiger partial charge on any atom is -0.494 e. The Hall–Kier alpha value is -2.56. The molecule has 22 heavy (non-hydrogen) atoms. The summed E-state index contributed by atoms with van der Waals surface area (Å²) in [5.74, 6) is -1.41. The summed E-state index contributed by atoms with van der Waals surface area (Å²) in [5, 5.41) is 12.1. The maximum atomic E-state index is 12.4. The Morgan fingerprint density at radius 3 is 2.55 bits per heavy atom. The molecule has 0 saturated carbocycles. The lowest BCUT2D eigenvalue weighted by Gasteiger charge is -2.33. The molecule has 0 fully saturated rings. The molecular weight excluding hydrogens is 282 g/mol. The van der Waals surface area contributed by atoms with Crippen molar-refractivity contribution >= 4 is 11.9 Å². The molecule has 1 amide bonds. The highest BCUT2D eigenvalue weighted by atomic mass is 16.5. The van der Waals surface area contributed by atoms with E-state index >= 15 is 0 Å². The summed E-state index contributed by atoms with van der Waals surface area (Å²) in [6.07, 6.45) is 6.67. The molecule has 0 radical (unpaired) electrons. The number of ether oxygens (including phenoxy) is 1. The highest BCUT2D eigenvalue weighted by Crippen LogP contribution is 2.25. The second-order valence-electron chi connectivity index (χ2n) is 5.25. The molecule has 0 aromatic heterocycles. The van der Waals surface area contributed by atoms with Gasteiger partial charge in [0.05, 0.1) is 12.1 Å². The van der Waals surface area contributed by atoms with Crippen molar-refractivity contribution in [3.05, 3.63) is 54.1 Å². The summed E-state index contributed by atoms with van der Waals surface area (Å²) in [7, 11) is 0. The van der Waals surface area contributed by atoms with Gasteiger partial charge < -0.3 is 15.2 Å². The molecule has 5 heteroatoms. The molecule has 0 bridgehead atoms. The van der Waals surface area contributed by atoms with Gasteiger partial charge in [0.1, 0.15) is 11.7 Å². The van der Waals surface area contributed by atoms with Gasteiger partial charge in [-0.1, -0.05) is 24.3 Å². The Kier molecular flexibility index (Phi) is 4.65. The van der Waals surface area contributed by atoms with Crippen molar-refractivity contribution in [3.63, 3.8) is 0 Å². The maximum Gasteiger partial charge on any atom is 0.313 e. The van der Waals surface area contributed by atoms with Gasteiger partial charge in [-0.25, -0.2) is 0 Å². The number of nitrogens with one attached hydrogen (secondary N) is 1. The van der Waals surface area contributed by atoms with Gasteiger partial charge in [-0.3, -0.25) is 9.59 Å². The second kappa shape index (κ2) is 6.47. The van der Waals surface area contributed by atoms with Crippen molar-refractivity contribution in [2.45, 2.75) is 19.4 Å². The number of carbonyl (C=O) groups excluding carboxylic acids is 1. The molecule has 1 aromatic carbocycles. The summed E-state index contributed by atoms with van der Waals surface area (Å²) in [6.45, 7) is 4.13. The summed E-state index contributed by atoms with van der Waals surface area (Å²) >= 11 is 0. The van der Waals surface area contributed by atoms with Gasteiger partial charge >= 0.3 is 5.97 Å². The molecule has 1 aromatic rings. The molecule has 0 heterocycles. The fourth-order valence-electron chi connectivity index (χ4n) is 2.38. The third-order valence-corrected chi connectivity index (χ3v) is 3.58. The van der Waals surface area contributed by atoms with Gasteiger partial charge in [-0.2, -0.15) is 0 Å². The first-order valence-electron chi connectivity index (χ1n) is 7.10. The van der Waals surface area contributed by atoms with Gasteiger partial charge in [0.15, 0.2) is 0 Å². The number of amides is 1. The molecule has 1 aliphatic carbocycles. The van der Waals surface area contributed by atoms with Crippen LogP contribution in [0.3, 0.4) is 0 Å². The van der Waals surface area contributed by atoms with Crippen LogP contribution in [0.15, 0.2) is 48.6 Å². The normalized spacial score (nSPS) is 23.1. The van der Waals surface area contributed by atoms with Gasteiger partial charge in [-0.15, -0.1) is 0 Å². The highest BCUT2D eigenvalue weighted by molar-refractivity contribution is 5.95. The lowest BCUT2D eigenvalue weighted by atomic mass is 9.82. The van der Waals surface area contributed by atoms with E-state index in [0.29, 0.717) is 17.9 Å². The van der Waals surface area contributed by atoms with E-state index in [1.165, 1.54) is 0 Å². The smallest absolute Gasteiger partial charge is 0.313 e. The van der Waals surface area contributed by atoms with Gasteiger partial charge in [0, 0.05) is 5.56 Å². The van der Waals surface area contributed by atoms with Gasteiger partial charge in [0.2, 0.25) is 0 Å². The number of hydrogen-bond donors (Lipinski definition) is 2. The van der Waals surface area contributed by atoms with E-state index in [-0.39, 0.29) is 5.91 Å². The molecule has 0 aliphatic heterocycles. The minimum absolute atomic E-state index is 0.322. The van der Waals surface area contributed by atoms with E-state index in [2.05, 4.69) is 5.32 Å². The predicted octanol–water partition coefficient (Wildman–Crippen LogP) is 2.40. The van der Waals surface area contributed by atoms with Crippen LogP contribution in [0, 0.1) is 5.92 Å². The van der Waals surface area contributed by atoms with Crippen LogP contribution in [0.2, 0.25) is 0 Å². The fourth-order valence-corrected chi connectivity index (χ4v) is 2.38. The van der Waals surface area contributed by atoms with Crippen LogP contribution in [-0.2, 0) is 4.79 Å². The molecule has 2 unspecified atom stereocenters. The van der Waals surface area contributed by atoms with Crippen LogP contribution in [0.4, 0.5) is 0 Å². The quantitative estimate of drug-likeness (QED) is 0.875. The molecule has 0 spiro atoms. The maximum absolute atomic E-state index is 12.4. The molecule has 116 valence electrons. The van der Waals surface area contributed by atoms with E-state index in [1.807, 2.05) is 6.92 Å². The van der Waals surface area contributed by atoms with Crippen LogP contribution in [0.5, 0.6) is 5.75 Å². The molecular formula is C17H19NO4. The molecule has 5 nitrogen and oxygen atoms in total. The van der Waals surface area contributed by atoms with Crippen molar-refractivity contribution in [2.24, 2.45) is 5.92 Å². The Morgan fingerprint density at radius 2 is 1.95 bits per heavy atom. The van der Waals surface area contributed by atoms with Crippen molar-refractivity contribution in [2.75, 3.05) is 6.61 Å². The number of carboxylic acids is 1. The fraction of sp³-hybridized carbons (Fsp3) is 0.294. The summed E-state index contributed by atoms with van der Waals surface area (Å²) in [4.78, 5) is 23.7. The first kappa shape index (κ1) is 15.8. The Morgan fingerprint density at radius 1 is 1.27 bits per heavy atom. The second-order valence-corrected chi connectivity index (χ2v) is 5.25. The minimum atomic E-state index is -0.977. The lowest BCUT2D eigenvalue weighted by molar-refractivity contribution is -0.141. The molecule has 1 aliphatic rings. The Balaban J connectivity index is 2.14. The first-order chi connectivity index (χ1) is 10.5. The van der Waals surface area contributed by atoms with Crippen LogP contribution in [0.25, 0.3) is 0 Å². The van der Waals surface area contributed by atoms with Crippen molar-refractivity contribution in [1.82, 2.24) is 5.32 Å². The number of allylic oxidation sites excluding steroid dienone is 2. The number of carbonyl (C=O) groups is 2. The topological polar surface area (TPSA) is 75.6 Å². The Labute approximate surface area is 129 Å². The molecule has 0 saturated heterocycles. The highest BCUT2D eigenvalue weighted by Gasteiger charge is 2.38. The molecule has 2 atom stereocenters. The SMILES string of the molecule is CCOc1ccc(C(=O)NC2(C)C=CC=CC2C(=O)O)cc1. The summed E-state index contributed by atoms with van der Waals surface area (Å²) < 4.78 is 5.33. The van der Waals surface area contributed by atoms with E-state index < -0.39 is 17.4 Å². The Bertz CT molecular complexity index is 618. The zero-order valence-corrected chi connectivity index (χ0v) is 12.6. The van der Waals surface area contributed by atoms with Gasteiger partial charge in [0.25, 0.3) is 5.91 Å². The number of benzene rings is 1. The van der Waals surface area contributed by atoms with E-state index in [9.17, 15) is 14.7 Å². The van der Waals surface area contributed by atoms with Crippen molar-refractivity contribution in [1.29, 1.82) is 0 Å².